The lowest BCUT2D eigenvalue weighted by atomic mass is 10.1. The minimum atomic E-state index is -1.50. The number of carbonyl (C=O) groups excluding carboxylic acids is 1. The molecule has 0 bridgehead atoms. The van der Waals surface area contributed by atoms with Crippen molar-refractivity contribution in [1.29, 1.82) is 0 Å². The SMILES string of the molecule is CN1C(=O)C(C2CC2)N(C)c2nc(Nc3ccc(S(N)=O)cc3)ncc21. The molecule has 1 aliphatic carbocycles. The van der Waals surface area contributed by atoms with Gasteiger partial charge in [-0.1, -0.05) is 0 Å². The van der Waals surface area contributed by atoms with Crippen molar-refractivity contribution in [3.05, 3.63) is 30.5 Å². The Bertz CT molecular complexity index is 883. The Morgan fingerprint density at radius 3 is 2.54 bits per heavy atom. The van der Waals surface area contributed by atoms with Crippen LogP contribution in [-0.4, -0.2) is 40.2 Å². The first-order valence-corrected chi connectivity index (χ1v) is 9.57. The summed E-state index contributed by atoms with van der Waals surface area (Å²) in [5.41, 5.74) is 1.47. The number of amides is 1. The maximum atomic E-state index is 12.6. The van der Waals surface area contributed by atoms with Crippen LogP contribution in [0.2, 0.25) is 0 Å². The number of benzene rings is 1. The largest absolute Gasteiger partial charge is 0.345 e. The van der Waals surface area contributed by atoms with Crippen LogP contribution >= 0.6 is 0 Å². The third kappa shape index (κ3) is 2.93. The maximum Gasteiger partial charge on any atom is 0.249 e. The highest BCUT2D eigenvalue weighted by Crippen LogP contribution is 2.42. The molecule has 1 amide bonds. The Balaban J connectivity index is 1.62. The van der Waals surface area contributed by atoms with Gasteiger partial charge in [0, 0.05) is 19.8 Å². The van der Waals surface area contributed by atoms with Gasteiger partial charge in [0.15, 0.2) is 5.82 Å². The minimum absolute atomic E-state index is 0.0946. The molecule has 2 atom stereocenters. The van der Waals surface area contributed by atoms with E-state index in [0.717, 1.165) is 24.3 Å². The van der Waals surface area contributed by atoms with E-state index in [1.807, 2.05) is 11.9 Å². The fourth-order valence-electron chi connectivity index (χ4n) is 3.27. The minimum Gasteiger partial charge on any atom is -0.345 e. The first-order chi connectivity index (χ1) is 12.5. The van der Waals surface area contributed by atoms with Gasteiger partial charge < -0.3 is 15.1 Å². The molecular formula is C17H20N6O2S. The van der Waals surface area contributed by atoms with Gasteiger partial charge in [-0.15, -0.1) is 0 Å². The van der Waals surface area contributed by atoms with Crippen molar-refractivity contribution >= 4 is 40.0 Å². The number of nitrogens with zero attached hydrogens (tertiary/aromatic N) is 4. The average Bonchev–Trinajstić information content (AvgIpc) is 3.45. The summed E-state index contributed by atoms with van der Waals surface area (Å²) >= 11 is 0. The molecule has 1 fully saturated rings. The van der Waals surface area contributed by atoms with Crippen LogP contribution in [0.3, 0.4) is 0 Å². The van der Waals surface area contributed by atoms with Crippen molar-refractivity contribution in [3.63, 3.8) is 0 Å². The number of nitrogens with one attached hydrogen (secondary N) is 1. The summed E-state index contributed by atoms with van der Waals surface area (Å²) in [6.07, 6.45) is 3.81. The van der Waals surface area contributed by atoms with E-state index in [4.69, 9.17) is 5.14 Å². The number of hydrogen-bond acceptors (Lipinski definition) is 6. The maximum absolute atomic E-state index is 12.6. The molecule has 0 radical (unpaired) electrons. The summed E-state index contributed by atoms with van der Waals surface area (Å²) < 4.78 is 11.3. The molecule has 1 aromatic heterocycles. The molecule has 3 N–H and O–H groups in total. The monoisotopic (exact) mass is 372 g/mol. The number of aromatic nitrogens is 2. The van der Waals surface area contributed by atoms with Crippen LogP contribution in [0.5, 0.6) is 0 Å². The molecule has 26 heavy (non-hydrogen) atoms. The van der Waals surface area contributed by atoms with Gasteiger partial charge in [-0.25, -0.2) is 14.3 Å². The van der Waals surface area contributed by atoms with Gasteiger partial charge in [-0.2, -0.15) is 4.98 Å². The summed E-state index contributed by atoms with van der Waals surface area (Å²) in [4.78, 5) is 25.7. The second-order valence-electron chi connectivity index (χ2n) is 6.64. The van der Waals surface area contributed by atoms with Gasteiger partial charge in [0.1, 0.15) is 22.7 Å². The van der Waals surface area contributed by atoms with Crippen molar-refractivity contribution in [2.75, 3.05) is 29.2 Å². The Morgan fingerprint density at radius 2 is 1.92 bits per heavy atom. The second kappa shape index (κ2) is 6.33. The second-order valence-corrected chi connectivity index (χ2v) is 7.71. The Hall–Kier alpha value is -2.52. The highest BCUT2D eigenvalue weighted by Gasteiger charge is 2.45. The van der Waals surface area contributed by atoms with E-state index in [0.29, 0.717) is 22.4 Å². The van der Waals surface area contributed by atoms with Gasteiger partial charge in [0.25, 0.3) is 0 Å². The predicted octanol–water partition coefficient (Wildman–Crippen LogP) is 1.39. The van der Waals surface area contributed by atoms with E-state index in [9.17, 15) is 9.00 Å². The Morgan fingerprint density at radius 1 is 1.23 bits per heavy atom. The van der Waals surface area contributed by atoms with Crippen LogP contribution in [0.25, 0.3) is 0 Å². The van der Waals surface area contributed by atoms with E-state index in [-0.39, 0.29) is 11.9 Å². The Labute approximate surface area is 154 Å². The highest BCUT2D eigenvalue weighted by atomic mass is 32.2. The first-order valence-electron chi connectivity index (χ1n) is 8.36. The van der Waals surface area contributed by atoms with Gasteiger partial charge >= 0.3 is 0 Å². The van der Waals surface area contributed by atoms with Crippen LogP contribution in [-0.2, 0) is 15.8 Å². The normalized spacial score (nSPS) is 20.7. The Kier molecular flexibility index (Phi) is 4.12. The molecule has 2 aliphatic rings. The molecule has 4 rings (SSSR count). The number of fused-ring (bicyclic) bond motifs is 1. The number of carbonyl (C=O) groups is 1. The third-order valence-corrected chi connectivity index (χ3v) is 5.59. The molecule has 1 aromatic carbocycles. The number of nitrogens with two attached hydrogens (primary N) is 1. The van der Waals surface area contributed by atoms with Gasteiger partial charge in [0.05, 0.1) is 11.1 Å². The van der Waals surface area contributed by atoms with Crippen LogP contribution in [0.1, 0.15) is 12.8 Å². The zero-order valence-corrected chi connectivity index (χ0v) is 15.4. The quantitative estimate of drug-likeness (QED) is 0.840. The number of anilines is 4. The molecule has 2 unspecified atom stereocenters. The van der Waals surface area contributed by atoms with E-state index in [1.165, 1.54) is 0 Å². The number of likely N-dealkylation sites (N-methyl/N-ethyl adjacent to an activating group) is 2. The van der Waals surface area contributed by atoms with Crippen LogP contribution in [0.15, 0.2) is 35.4 Å². The average molecular weight is 372 g/mol. The summed E-state index contributed by atoms with van der Waals surface area (Å²) in [5, 5.41) is 8.50. The number of hydrogen-bond donors (Lipinski definition) is 2. The van der Waals surface area contributed by atoms with Crippen LogP contribution in [0.4, 0.5) is 23.1 Å². The summed E-state index contributed by atoms with van der Waals surface area (Å²) in [5.74, 6) is 1.67. The lowest BCUT2D eigenvalue weighted by Gasteiger charge is -2.38. The molecule has 8 nitrogen and oxygen atoms in total. The lowest BCUT2D eigenvalue weighted by molar-refractivity contribution is -0.120. The summed E-state index contributed by atoms with van der Waals surface area (Å²) in [6, 6.07) is 6.77. The molecule has 2 heterocycles. The fraction of sp³-hybridized carbons (Fsp3) is 0.353. The zero-order valence-electron chi connectivity index (χ0n) is 14.5. The van der Waals surface area contributed by atoms with E-state index < -0.39 is 11.0 Å². The molecule has 0 saturated heterocycles. The molecule has 1 aliphatic heterocycles. The zero-order chi connectivity index (χ0) is 18.4. The van der Waals surface area contributed by atoms with Crippen molar-refractivity contribution in [2.24, 2.45) is 11.1 Å². The van der Waals surface area contributed by atoms with E-state index in [1.54, 1.807) is 42.4 Å². The van der Waals surface area contributed by atoms with E-state index >= 15 is 0 Å². The molecule has 1 saturated carbocycles. The van der Waals surface area contributed by atoms with Crippen LogP contribution in [0, 0.1) is 5.92 Å². The van der Waals surface area contributed by atoms with Crippen LogP contribution < -0.4 is 20.3 Å². The lowest BCUT2D eigenvalue weighted by Crippen LogP contribution is -2.52. The van der Waals surface area contributed by atoms with Crippen molar-refractivity contribution in [2.45, 2.75) is 23.8 Å². The van der Waals surface area contributed by atoms with Gasteiger partial charge in [0.2, 0.25) is 11.9 Å². The molecule has 0 spiro atoms. The third-order valence-electron chi connectivity index (χ3n) is 4.86. The topological polar surface area (TPSA) is 104 Å². The number of rotatable bonds is 4. The summed E-state index contributed by atoms with van der Waals surface area (Å²) in [7, 11) is 2.18. The highest BCUT2D eigenvalue weighted by molar-refractivity contribution is 7.82. The molecule has 9 heteroatoms. The predicted molar refractivity (Wildman–Crippen MR) is 101 cm³/mol. The smallest absolute Gasteiger partial charge is 0.249 e. The van der Waals surface area contributed by atoms with E-state index in [2.05, 4.69) is 15.3 Å². The van der Waals surface area contributed by atoms with Gasteiger partial charge in [-0.3, -0.25) is 4.79 Å². The van der Waals surface area contributed by atoms with Crippen molar-refractivity contribution < 1.29 is 9.00 Å². The summed E-state index contributed by atoms with van der Waals surface area (Å²) in [6.45, 7) is 0. The first kappa shape index (κ1) is 16.9. The molecule has 136 valence electrons. The van der Waals surface area contributed by atoms with Gasteiger partial charge in [-0.05, 0) is 43.0 Å². The standard InChI is InChI=1S/C17H20N6O2S/c1-22-13-9-19-17(20-11-5-7-12(8-6-11)26(18)25)21-15(13)23(2)14(16(22)24)10-3-4-10/h5-10,14H,3-4,18H2,1-2H3,(H,19,20,21). The molecular weight excluding hydrogens is 352 g/mol. The fourth-order valence-corrected chi connectivity index (χ4v) is 3.67. The van der Waals surface area contributed by atoms with Crippen molar-refractivity contribution in [1.82, 2.24) is 9.97 Å². The molecule has 2 aromatic rings. The van der Waals surface area contributed by atoms with Crippen molar-refractivity contribution in [3.8, 4) is 0 Å².